The highest BCUT2D eigenvalue weighted by atomic mass is 16.9. The van der Waals surface area contributed by atoms with E-state index in [2.05, 4.69) is 6.07 Å². The lowest BCUT2D eigenvalue weighted by Gasteiger charge is -2.57. The summed E-state index contributed by atoms with van der Waals surface area (Å²) in [6.07, 6.45) is 0. The van der Waals surface area contributed by atoms with Crippen molar-refractivity contribution >= 4 is 0 Å². The standard InChI is InChI=1S/C10H13NO4/c1-8-3-13-10(14-4-8,15-5-8)9(2-11)6-12-7-9/h3-7H2,1H3. The molecule has 0 aromatic carbocycles. The van der Waals surface area contributed by atoms with E-state index in [9.17, 15) is 5.26 Å². The van der Waals surface area contributed by atoms with Gasteiger partial charge in [-0.05, 0) is 0 Å². The van der Waals surface area contributed by atoms with E-state index in [0.29, 0.717) is 33.0 Å². The smallest absolute Gasteiger partial charge is 0.307 e. The molecule has 0 N–H and O–H groups in total. The monoisotopic (exact) mass is 211 g/mol. The minimum atomic E-state index is -1.18. The molecule has 0 aliphatic carbocycles. The molecule has 2 bridgehead atoms. The summed E-state index contributed by atoms with van der Waals surface area (Å²) >= 11 is 0. The molecule has 82 valence electrons. The summed E-state index contributed by atoms with van der Waals surface area (Å²) in [7, 11) is 0. The van der Waals surface area contributed by atoms with E-state index < -0.39 is 11.4 Å². The first-order valence-electron chi connectivity index (χ1n) is 5.05. The van der Waals surface area contributed by atoms with E-state index in [4.69, 9.17) is 18.9 Å². The van der Waals surface area contributed by atoms with Crippen LogP contribution in [0.15, 0.2) is 0 Å². The Morgan fingerprint density at radius 2 is 1.53 bits per heavy atom. The number of rotatable bonds is 1. The number of hydrogen-bond acceptors (Lipinski definition) is 5. The van der Waals surface area contributed by atoms with E-state index in [0.717, 1.165) is 0 Å². The lowest BCUT2D eigenvalue weighted by atomic mass is 9.81. The maximum absolute atomic E-state index is 9.20. The quantitative estimate of drug-likeness (QED) is 0.622. The summed E-state index contributed by atoms with van der Waals surface area (Å²) < 4.78 is 21.9. The van der Waals surface area contributed by atoms with Crippen molar-refractivity contribution in [3.63, 3.8) is 0 Å². The summed E-state index contributed by atoms with van der Waals surface area (Å²) in [6, 6.07) is 2.21. The Kier molecular flexibility index (Phi) is 1.73. The van der Waals surface area contributed by atoms with Crippen LogP contribution < -0.4 is 0 Å². The molecule has 4 saturated heterocycles. The molecule has 0 unspecified atom stereocenters. The molecule has 5 heteroatoms. The molecule has 0 aromatic heterocycles. The Labute approximate surface area is 87.9 Å². The lowest BCUT2D eigenvalue weighted by molar-refractivity contribution is -0.512. The Hall–Kier alpha value is -0.670. The normalized spacial score (nSPS) is 46.9. The molecule has 5 nitrogen and oxygen atoms in total. The van der Waals surface area contributed by atoms with Gasteiger partial charge in [0.2, 0.25) is 0 Å². The SMILES string of the molecule is CC12COC(C3(C#N)COC3)(OC1)OC2. The van der Waals surface area contributed by atoms with Crippen molar-refractivity contribution in [1.29, 1.82) is 5.26 Å². The first-order chi connectivity index (χ1) is 7.14. The summed E-state index contributed by atoms with van der Waals surface area (Å²) in [5.41, 5.74) is -0.849. The predicted molar refractivity (Wildman–Crippen MR) is 47.6 cm³/mol. The van der Waals surface area contributed by atoms with Gasteiger partial charge >= 0.3 is 5.97 Å². The predicted octanol–water partition coefficient (Wildman–Crippen LogP) is 0.264. The first kappa shape index (κ1) is 9.55. The second kappa shape index (κ2) is 2.71. The van der Waals surface area contributed by atoms with E-state index in [1.807, 2.05) is 6.92 Å². The van der Waals surface area contributed by atoms with Crippen LogP contribution in [0.1, 0.15) is 6.92 Å². The van der Waals surface area contributed by atoms with Crippen LogP contribution in [0, 0.1) is 22.2 Å². The van der Waals surface area contributed by atoms with Gasteiger partial charge in [0.05, 0.1) is 39.1 Å². The Bertz CT molecular complexity index is 306. The van der Waals surface area contributed by atoms with E-state index >= 15 is 0 Å². The van der Waals surface area contributed by atoms with Gasteiger partial charge in [-0.1, -0.05) is 6.92 Å². The highest BCUT2D eigenvalue weighted by molar-refractivity contribution is 5.12. The Balaban J connectivity index is 1.90. The zero-order valence-electron chi connectivity index (χ0n) is 8.62. The van der Waals surface area contributed by atoms with E-state index in [1.165, 1.54) is 0 Å². The van der Waals surface area contributed by atoms with Crippen LogP contribution in [0.4, 0.5) is 0 Å². The second-order valence-electron chi connectivity index (χ2n) is 4.92. The fourth-order valence-corrected chi connectivity index (χ4v) is 2.09. The van der Waals surface area contributed by atoms with Crippen molar-refractivity contribution in [2.45, 2.75) is 12.9 Å². The van der Waals surface area contributed by atoms with Crippen LogP contribution in [-0.4, -0.2) is 39.0 Å². The van der Waals surface area contributed by atoms with Crippen LogP contribution in [0.25, 0.3) is 0 Å². The third-order valence-corrected chi connectivity index (χ3v) is 3.33. The first-order valence-corrected chi connectivity index (χ1v) is 5.05. The van der Waals surface area contributed by atoms with E-state index in [-0.39, 0.29) is 5.41 Å². The van der Waals surface area contributed by atoms with Crippen molar-refractivity contribution in [3.8, 4) is 6.07 Å². The molecule has 0 aromatic rings. The fraction of sp³-hybridized carbons (Fsp3) is 0.900. The van der Waals surface area contributed by atoms with Crippen LogP contribution in [0.3, 0.4) is 0 Å². The summed E-state index contributed by atoms with van der Waals surface area (Å²) in [6.45, 7) is 4.43. The van der Waals surface area contributed by atoms with Crippen molar-refractivity contribution in [3.05, 3.63) is 0 Å². The molecule has 4 aliphatic heterocycles. The lowest BCUT2D eigenvalue weighted by Crippen LogP contribution is -2.70. The number of ether oxygens (including phenoxy) is 4. The van der Waals surface area contributed by atoms with Gasteiger partial charge in [-0.2, -0.15) is 5.26 Å². The van der Waals surface area contributed by atoms with E-state index in [1.54, 1.807) is 0 Å². The number of hydrogen-bond donors (Lipinski definition) is 0. The van der Waals surface area contributed by atoms with Crippen molar-refractivity contribution in [2.24, 2.45) is 10.8 Å². The molecule has 0 spiro atoms. The fourth-order valence-electron chi connectivity index (χ4n) is 2.09. The molecule has 4 fully saturated rings. The average molecular weight is 211 g/mol. The van der Waals surface area contributed by atoms with Gasteiger partial charge in [0.1, 0.15) is 0 Å². The minimum absolute atomic E-state index is 0.0665. The second-order valence-corrected chi connectivity index (χ2v) is 4.92. The van der Waals surface area contributed by atoms with Gasteiger partial charge in [0.15, 0.2) is 5.41 Å². The topological polar surface area (TPSA) is 60.7 Å². The molecular formula is C10H13NO4. The van der Waals surface area contributed by atoms with Crippen LogP contribution in [0.5, 0.6) is 0 Å². The van der Waals surface area contributed by atoms with Gasteiger partial charge in [0.25, 0.3) is 0 Å². The average Bonchev–Trinajstić information content (AvgIpc) is 2.19. The Morgan fingerprint density at radius 3 is 1.87 bits per heavy atom. The minimum Gasteiger partial charge on any atom is -0.377 e. The molecule has 4 heterocycles. The summed E-state index contributed by atoms with van der Waals surface area (Å²) in [4.78, 5) is 0. The van der Waals surface area contributed by atoms with Crippen LogP contribution >= 0.6 is 0 Å². The number of nitriles is 1. The van der Waals surface area contributed by atoms with Crippen molar-refractivity contribution in [2.75, 3.05) is 33.0 Å². The molecule has 0 amide bonds. The van der Waals surface area contributed by atoms with Gasteiger partial charge in [-0.25, -0.2) is 0 Å². The van der Waals surface area contributed by atoms with Gasteiger partial charge in [-0.15, -0.1) is 0 Å². The molecular weight excluding hydrogens is 198 g/mol. The molecule has 0 atom stereocenters. The zero-order valence-corrected chi connectivity index (χ0v) is 8.62. The number of nitrogens with zero attached hydrogens (tertiary/aromatic N) is 1. The van der Waals surface area contributed by atoms with Crippen molar-refractivity contribution < 1.29 is 18.9 Å². The maximum atomic E-state index is 9.20. The van der Waals surface area contributed by atoms with Crippen LogP contribution in [0.2, 0.25) is 0 Å². The summed E-state index contributed by atoms with van der Waals surface area (Å²) in [5, 5.41) is 9.20. The van der Waals surface area contributed by atoms with Gasteiger partial charge in [-0.3, -0.25) is 0 Å². The maximum Gasteiger partial charge on any atom is 0.307 e. The molecule has 4 rings (SSSR count). The molecule has 4 aliphatic rings. The molecule has 0 saturated carbocycles. The highest BCUT2D eigenvalue weighted by Crippen LogP contribution is 2.50. The third-order valence-electron chi connectivity index (χ3n) is 3.33. The molecule has 0 radical (unpaired) electrons. The zero-order chi connectivity index (χ0) is 10.6. The largest absolute Gasteiger partial charge is 0.377 e. The number of fused-ring (bicyclic) bond motifs is 3. The van der Waals surface area contributed by atoms with Gasteiger partial charge in [0, 0.05) is 5.41 Å². The van der Waals surface area contributed by atoms with Crippen LogP contribution in [-0.2, 0) is 18.9 Å². The summed E-state index contributed by atoms with van der Waals surface area (Å²) in [5.74, 6) is -1.18. The van der Waals surface area contributed by atoms with Gasteiger partial charge < -0.3 is 18.9 Å². The third kappa shape index (κ3) is 1.05. The molecule has 15 heavy (non-hydrogen) atoms. The van der Waals surface area contributed by atoms with Crippen molar-refractivity contribution in [1.82, 2.24) is 0 Å². The Morgan fingerprint density at radius 1 is 1.00 bits per heavy atom. The highest BCUT2D eigenvalue weighted by Gasteiger charge is 2.66.